The van der Waals surface area contributed by atoms with E-state index in [9.17, 15) is 22.8 Å². The molecule has 1 amide bonds. The summed E-state index contributed by atoms with van der Waals surface area (Å²) >= 11 is 2.16. The van der Waals surface area contributed by atoms with E-state index in [0.717, 1.165) is 8.25 Å². The number of ketones is 1. The Kier molecular flexibility index (Phi) is 5.75. The Labute approximate surface area is 201 Å². The topological polar surface area (TPSA) is 90.0 Å². The van der Waals surface area contributed by atoms with Gasteiger partial charge in [-0.05, 0) is 76.9 Å². The quantitative estimate of drug-likeness (QED) is 0.408. The number of fused-ring (bicyclic) bond motifs is 1. The van der Waals surface area contributed by atoms with Crippen LogP contribution < -0.4 is 11.1 Å². The van der Waals surface area contributed by atoms with Crippen LogP contribution in [0.3, 0.4) is 0 Å². The van der Waals surface area contributed by atoms with Gasteiger partial charge in [-0.2, -0.15) is 18.3 Å². The molecule has 3 N–H and O–H groups in total. The van der Waals surface area contributed by atoms with Crippen LogP contribution in [0.4, 0.5) is 24.5 Å². The van der Waals surface area contributed by atoms with Gasteiger partial charge in [-0.1, -0.05) is 13.8 Å². The van der Waals surface area contributed by atoms with E-state index in [1.807, 2.05) is 26.0 Å². The zero-order valence-electron chi connectivity index (χ0n) is 17.8. The Balaban J connectivity index is 1.88. The van der Waals surface area contributed by atoms with Gasteiger partial charge in [-0.25, -0.2) is 4.68 Å². The molecule has 1 aliphatic rings. The minimum absolute atomic E-state index is 0.00893. The first-order valence-electron chi connectivity index (χ1n) is 10.0. The third kappa shape index (κ3) is 4.61. The number of nitrogens with one attached hydrogen (secondary N) is 1. The summed E-state index contributed by atoms with van der Waals surface area (Å²) < 4.78 is 43.4. The zero-order chi connectivity index (χ0) is 24.1. The summed E-state index contributed by atoms with van der Waals surface area (Å²) in [5.41, 5.74) is 5.07. The molecule has 0 atom stereocenters. The highest BCUT2D eigenvalue weighted by molar-refractivity contribution is 14.1. The average Bonchev–Trinajstić information content (AvgIpc) is 3.08. The number of carbonyl (C=O) groups excluding carboxylic acids is 2. The van der Waals surface area contributed by atoms with E-state index in [4.69, 9.17) is 5.73 Å². The maximum atomic E-state index is 13.7. The third-order valence-corrected chi connectivity index (χ3v) is 6.17. The number of anilines is 2. The van der Waals surface area contributed by atoms with Crippen molar-refractivity contribution in [2.45, 2.75) is 32.9 Å². The lowest BCUT2D eigenvalue weighted by Crippen LogP contribution is -2.29. The van der Waals surface area contributed by atoms with Gasteiger partial charge < -0.3 is 11.1 Å². The van der Waals surface area contributed by atoms with Crippen molar-refractivity contribution in [2.75, 3.05) is 5.32 Å². The van der Waals surface area contributed by atoms with Gasteiger partial charge in [0.1, 0.15) is 0 Å². The van der Waals surface area contributed by atoms with Gasteiger partial charge in [0.25, 0.3) is 5.91 Å². The lowest BCUT2D eigenvalue weighted by molar-refractivity contribution is -0.141. The Morgan fingerprint density at radius 3 is 2.42 bits per heavy atom. The highest BCUT2D eigenvalue weighted by atomic mass is 127. The number of rotatable bonds is 4. The lowest BCUT2D eigenvalue weighted by atomic mass is 9.75. The monoisotopic (exact) mass is 568 g/mol. The number of alkyl halides is 3. The van der Waals surface area contributed by atoms with Crippen LogP contribution in [0, 0.1) is 8.99 Å². The van der Waals surface area contributed by atoms with Crippen LogP contribution in [0.2, 0.25) is 0 Å². The van der Waals surface area contributed by atoms with Crippen LogP contribution in [0.15, 0.2) is 42.5 Å². The Bertz CT molecular complexity index is 1260. The molecule has 0 bridgehead atoms. The number of aromatic nitrogens is 2. The molecular weight excluding hydrogens is 548 g/mol. The van der Waals surface area contributed by atoms with Crippen molar-refractivity contribution < 1.29 is 22.8 Å². The predicted octanol–water partition coefficient (Wildman–Crippen LogP) is 5.49. The van der Waals surface area contributed by atoms with Crippen LogP contribution >= 0.6 is 22.6 Å². The van der Waals surface area contributed by atoms with Crippen LogP contribution in [-0.4, -0.2) is 21.5 Å². The molecular formula is C23H20F3IN4O2. The summed E-state index contributed by atoms with van der Waals surface area (Å²) in [6.45, 7) is 3.66. The molecule has 172 valence electrons. The summed E-state index contributed by atoms with van der Waals surface area (Å²) in [6.07, 6.45) is -4.52. The maximum absolute atomic E-state index is 13.7. The van der Waals surface area contributed by atoms with E-state index >= 15 is 0 Å². The summed E-state index contributed by atoms with van der Waals surface area (Å²) in [6, 6.07) is 11.8. The SMILES string of the molecule is CC1(C)CC(=O)c2c(C(F)(F)F)nn(-c3ccc(C(N)=O)c(Nc4ccc(I)cc4)c3)c2C1. The maximum Gasteiger partial charge on any atom is 0.435 e. The molecule has 10 heteroatoms. The fourth-order valence-corrected chi connectivity index (χ4v) is 4.39. The molecule has 33 heavy (non-hydrogen) atoms. The van der Waals surface area contributed by atoms with Gasteiger partial charge in [0.05, 0.1) is 28.2 Å². The number of hydrogen-bond acceptors (Lipinski definition) is 4. The molecule has 4 rings (SSSR count). The van der Waals surface area contributed by atoms with Crippen molar-refractivity contribution in [3.8, 4) is 5.69 Å². The summed E-state index contributed by atoms with van der Waals surface area (Å²) in [5.74, 6) is -1.27. The molecule has 1 aromatic heterocycles. The third-order valence-electron chi connectivity index (χ3n) is 5.45. The number of amides is 1. The van der Waals surface area contributed by atoms with Crippen molar-refractivity contribution in [3.05, 3.63) is 68.5 Å². The number of halogens is 4. The normalized spacial score (nSPS) is 15.3. The smallest absolute Gasteiger partial charge is 0.366 e. The summed E-state index contributed by atoms with van der Waals surface area (Å²) in [7, 11) is 0. The molecule has 1 heterocycles. The van der Waals surface area contributed by atoms with Crippen molar-refractivity contribution in [3.63, 3.8) is 0 Å². The second-order valence-corrected chi connectivity index (χ2v) is 9.99. The molecule has 0 unspecified atom stereocenters. The van der Waals surface area contributed by atoms with Crippen molar-refractivity contribution in [1.82, 2.24) is 9.78 Å². The van der Waals surface area contributed by atoms with Crippen molar-refractivity contribution in [1.29, 1.82) is 0 Å². The van der Waals surface area contributed by atoms with E-state index in [1.54, 1.807) is 12.1 Å². The number of carbonyl (C=O) groups is 2. The van der Waals surface area contributed by atoms with Crippen LogP contribution in [-0.2, 0) is 12.6 Å². The van der Waals surface area contributed by atoms with Gasteiger partial charge >= 0.3 is 6.18 Å². The Morgan fingerprint density at radius 1 is 1.15 bits per heavy atom. The van der Waals surface area contributed by atoms with Crippen molar-refractivity contribution >= 4 is 45.7 Å². The molecule has 0 radical (unpaired) electrons. The molecule has 3 aromatic rings. The van der Waals surface area contributed by atoms with Gasteiger partial charge in [-0.15, -0.1) is 0 Å². The molecule has 1 aliphatic carbocycles. The minimum atomic E-state index is -4.78. The fraction of sp³-hybridized carbons (Fsp3) is 0.261. The van der Waals surface area contributed by atoms with Gasteiger partial charge in [-0.3, -0.25) is 9.59 Å². The first-order chi connectivity index (χ1) is 15.4. The largest absolute Gasteiger partial charge is 0.435 e. The number of nitrogens with two attached hydrogens (primary N) is 1. The highest BCUT2D eigenvalue weighted by Gasteiger charge is 2.45. The van der Waals surface area contributed by atoms with Gasteiger partial charge in [0.2, 0.25) is 0 Å². The number of Topliss-reactive ketones (excluding diaryl/α,β-unsaturated/α-hetero) is 1. The van der Waals surface area contributed by atoms with Crippen LogP contribution in [0.1, 0.15) is 52.4 Å². The molecule has 0 fully saturated rings. The number of benzene rings is 2. The first-order valence-corrected chi connectivity index (χ1v) is 11.1. The molecule has 0 aliphatic heterocycles. The molecule has 0 saturated carbocycles. The molecule has 0 spiro atoms. The number of primary amides is 1. The zero-order valence-corrected chi connectivity index (χ0v) is 19.9. The molecule has 6 nitrogen and oxygen atoms in total. The highest BCUT2D eigenvalue weighted by Crippen LogP contribution is 2.42. The average molecular weight is 568 g/mol. The van der Waals surface area contributed by atoms with Gasteiger partial charge in [0.15, 0.2) is 11.5 Å². The minimum Gasteiger partial charge on any atom is -0.366 e. The molecule has 2 aromatic carbocycles. The van der Waals surface area contributed by atoms with Crippen molar-refractivity contribution in [2.24, 2.45) is 11.1 Å². The predicted molar refractivity (Wildman–Crippen MR) is 126 cm³/mol. The Hall–Kier alpha value is -2.89. The van der Waals surface area contributed by atoms with Crippen LogP contribution in [0.25, 0.3) is 5.69 Å². The van der Waals surface area contributed by atoms with Crippen LogP contribution in [0.5, 0.6) is 0 Å². The summed E-state index contributed by atoms with van der Waals surface area (Å²) in [4.78, 5) is 24.6. The van der Waals surface area contributed by atoms with E-state index in [2.05, 4.69) is 33.0 Å². The van der Waals surface area contributed by atoms with E-state index in [0.29, 0.717) is 11.4 Å². The van der Waals surface area contributed by atoms with E-state index in [-0.39, 0.29) is 35.3 Å². The van der Waals surface area contributed by atoms with E-state index < -0.39 is 29.0 Å². The van der Waals surface area contributed by atoms with E-state index in [1.165, 1.54) is 18.2 Å². The summed E-state index contributed by atoms with van der Waals surface area (Å²) in [5, 5.41) is 6.91. The first kappa shape index (κ1) is 23.3. The second-order valence-electron chi connectivity index (χ2n) is 8.75. The number of nitrogens with zero attached hydrogens (tertiary/aromatic N) is 2. The fourth-order valence-electron chi connectivity index (χ4n) is 4.03. The molecule has 0 saturated heterocycles. The standard InChI is InChI=1S/C23H20F3IN4O2/c1-22(2)10-17-19(18(32)11-22)20(23(24,25)26)30-31(17)14-7-8-15(21(28)33)16(9-14)29-13-5-3-12(27)4-6-13/h3-9,29H,10-11H2,1-2H3,(H2,28,33). The number of hydrogen-bond donors (Lipinski definition) is 2. The Morgan fingerprint density at radius 2 is 1.82 bits per heavy atom. The van der Waals surface area contributed by atoms with Gasteiger partial charge in [0, 0.05) is 15.7 Å². The lowest BCUT2D eigenvalue weighted by Gasteiger charge is -2.29. The second kappa shape index (κ2) is 8.15.